The van der Waals surface area contributed by atoms with Gasteiger partial charge < -0.3 is 24.5 Å². The van der Waals surface area contributed by atoms with Crippen LogP contribution in [0.15, 0.2) is 86.0 Å². The second-order valence-corrected chi connectivity index (χ2v) is 11.8. The van der Waals surface area contributed by atoms with Crippen molar-refractivity contribution in [3.63, 3.8) is 0 Å². The maximum Gasteiger partial charge on any atom is 0.248 e. The van der Waals surface area contributed by atoms with Crippen LogP contribution < -0.4 is 4.90 Å². The molecule has 5 rings (SSSR count). The Balaban J connectivity index is 1.54. The molecule has 0 radical (unpaired) electrons. The van der Waals surface area contributed by atoms with E-state index in [1.54, 1.807) is 26.9 Å². The predicted molar refractivity (Wildman–Crippen MR) is 161 cm³/mol. The van der Waals surface area contributed by atoms with Gasteiger partial charge in [0.15, 0.2) is 0 Å². The first-order valence-electron chi connectivity index (χ1n) is 14.8. The summed E-state index contributed by atoms with van der Waals surface area (Å²) in [5.41, 5.74) is -0.308. The zero-order chi connectivity index (χ0) is 29.9. The van der Waals surface area contributed by atoms with E-state index in [0.717, 1.165) is 11.3 Å². The third-order valence-corrected chi connectivity index (χ3v) is 9.11. The van der Waals surface area contributed by atoms with E-state index in [4.69, 9.17) is 4.74 Å². The van der Waals surface area contributed by atoms with Crippen LogP contribution >= 0.6 is 0 Å². The minimum absolute atomic E-state index is 0.00488. The Kier molecular flexibility index (Phi) is 8.66. The Bertz CT molecular complexity index is 1320. The maximum atomic E-state index is 14.5. The van der Waals surface area contributed by atoms with E-state index in [1.807, 2.05) is 67.6 Å². The lowest BCUT2D eigenvalue weighted by atomic mass is 9.66. The lowest BCUT2D eigenvalue weighted by Crippen LogP contribution is -2.56. The summed E-state index contributed by atoms with van der Waals surface area (Å²) in [5, 5.41) is 9.46. The van der Waals surface area contributed by atoms with Gasteiger partial charge in [0.2, 0.25) is 17.7 Å². The second kappa shape index (κ2) is 12.2. The molecule has 8 nitrogen and oxygen atoms in total. The van der Waals surface area contributed by atoms with Gasteiger partial charge in [-0.2, -0.15) is 0 Å². The van der Waals surface area contributed by atoms with E-state index >= 15 is 0 Å². The van der Waals surface area contributed by atoms with Crippen LogP contribution in [0.25, 0.3) is 0 Å². The fourth-order valence-electron chi connectivity index (χ4n) is 7.31. The summed E-state index contributed by atoms with van der Waals surface area (Å²) in [6.07, 6.45) is 5.49. The summed E-state index contributed by atoms with van der Waals surface area (Å²) in [6, 6.07) is 18.2. The minimum atomic E-state index is -1.12. The molecule has 0 aliphatic carbocycles. The van der Waals surface area contributed by atoms with E-state index in [9.17, 15) is 19.5 Å². The van der Waals surface area contributed by atoms with Gasteiger partial charge in [0.05, 0.1) is 17.4 Å². The average molecular weight is 572 g/mol. The summed E-state index contributed by atoms with van der Waals surface area (Å²) >= 11 is 0. The summed E-state index contributed by atoms with van der Waals surface area (Å²) < 4.78 is 6.83. The Morgan fingerprint density at radius 1 is 1.00 bits per heavy atom. The molecule has 3 fully saturated rings. The molecule has 5 atom stereocenters. The number of amides is 3. The van der Waals surface area contributed by atoms with Crippen LogP contribution in [0, 0.1) is 11.8 Å². The van der Waals surface area contributed by atoms with Crippen LogP contribution in [0.4, 0.5) is 5.69 Å². The third-order valence-electron chi connectivity index (χ3n) is 9.11. The van der Waals surface area contributed by atoms with Gasteiger partial charge in [0.25, 0.3) is 0 Å². The van der Waals surface area contributed by atoms with Crippen molar-refractivity contribution < 1.29 is 24.2 Å². The predicted octanol–water partition coefficient (Wildman–Crippen LogP) is 3.96. The molecule has 2 aromatic rings. The van der Waals surface area contributed by atoms with Crippen molar-refractivity contribution in [3.05, 3.63) is 91.5 Å². The fourth-order valence-corrected chi connectivity index (χ4v) is 7.31. The molecule has 2 bridgehead atoms. The first-order chi connectivity index (χ1) is 20.3. The zero-order valence-electron chi connectivity index (χ0n) is 24.4. The van der Waals surface area contributed by atoms with Gasteiger partial charge in [-0.25, -0.2) is 0 Å². The quantitative estimate of drug-likeness (QED) is 0.291. The number of aliphatic hydroxyl groups excluding tert-OH is 1. The van der Waals surface area contributed by atoms with Gasteiger partial charge >= 0.3 is 0 Å². The number of aliphatic hydroxyl groups is 1. The smallest absolute Gasteiger partial charge is 0.248 e. The van der Waals surface area contributed by atoms with Crippen LogP contribution in [0.5, 0.6) is 0 Å². The molecule has 1 N–H and O–H groups in total. The number of hydrogen-bond donors (Lipinski definition) is 1. The number of hydrogen-bond acceptors (Lipinski definition) is 5. The Hall–Kier alpha value is -3.75. The number of anilines is 1. The summed E-state index contributed by atoms with van der Waals surface area (Å²) in [6.45, 7) is 10.9. The van der Waals surface area contributed by atoms with Crippen LogP contribution in [0.1, 0.15) is 38.2 Å². The molecule has 222 valence electrons. The number of unbranched alkanes of at least 4 members (excludes halogenated alkanes) is 1. The van der Waals surface area contributed by atoms with Crippen molar-refractivity contribution in [2.45, 2.75) is 56.4 Å². The van der Waals surface area contributed by atoms with Crippen molar-refractivity contribution in [1.82, 2.24) is 9.80 Å². The van der Waals surface area contributed by atoms with Crippen molar-refractivity contribution in [3.8, 4) is 0 Å². The van der Waals surface area contributed by atoms with E-state index in [2.05, 4.69) is 13.2 Å². The topological polar surface area (TPSA) is 90.4 Å². The number of rotatable bonds is 13. The van der Waals surface area contributed by atoms with E-state index in [1.165, 1.54) is 0 Å². The lowest BCUT2D eigenvalue weighted by Gasteiger charge is -2.37. The highest BCUT2D eigenvalue weighted by Gasteiger charge is 2.78. The number of nitrogens with zero attached hydrogens (tertiary/aromatic N) is 3. The van der Waals surface area contributed by atoms with Crippen molar-refractivity contribution in [2.24, 2.45) is 11.8 Å². The molecule has 2 aromatic carbocycles. The SMILES string of the molecule is C=CCN(Cc1ccccc1)C(=O)C1N(CCCCO)C(=O)[C@@H]2[C@H](C(=O)N(CC=C)c3ccccc3)[C@]3(C)CCC12O3. The molecule has 8 heteroatoms. The number of fused-ring (bicyclic) bond motifs is 1. The molecule has 3 heterocycles. The molecule has 3 saturated heterocycles. The summed E-state index contributed by atoms with van der Waals surface area (Å²) in [4.78, 5) is 48.4. The molecule has 0 saturated carbocycles. The Morgan fingerprint density at radius 3 is 2.31 bits per heavy atom. The highest BCUT2D eigenvalue weighted by Crippen LogP contribution is 2.63. The van der Waals surface area contributed by atoms with Crippen LogP contribution in [0.2, 0.25) is 0 Å². The molecular weight excluding hydrogens is 530 g/mol. The molecule has 0 aromatic heterocycles. The van der Waals surface area contributed by atoms with Crippen LogP contribution in [0.3, 0.4) is 0 Å². The third kappa shape index (κ3) is 5.07. The maximum absolute atomic E-state index is 14.5. The number of likely N-dealkylation sites (tertiary alicyclic amines) is 1. The number of carbonyl (C=O) groups excluding carboxylic acids is 3. The first kappa shape index (κ1) is 29.7. The fraction of sp³-hybridized carbons (Fsp3) is 0.441. The second-order valence-electron chi connectivity index (χ2n) is 11.8. The Morgan fingerprint density at radius 2 is 1.67 bits per heavy atom. The molecule has 3 aliphatic rings. The normalized spacial score (nSPS) is 27.5. The number of para-hydroxylation sites is 1. The van der Waals surface area contributed by atoms with Crippen molar-refractivity contribution >= 4 is 23.4 Å². The first-order valence-corrected chi connectivity index (χ1v) is 14.8. The molecule has 42 heavy (non-hydrogen) atoms. The van der Waals surface area contributed by atoms with Gasteiger partial charge in [-0.15, -0.1) is 13.2 Å². The van der Waals surface area contributed by atoms with Crippen molar-refractivity contribution in [2.75, 3.05) is 31.1 Å². The van der Waals surface area contributed by atoms with Gasteiger partial charge in [0, 0.05) is 38.5 Å². The lowest BCUT2D eigenvalue weighted by molar-refractivity contribution is -0.151. The highest BCUT2D eigenvalue weighted by atomic mass is 16.5. The molecule has 1 spiro atoms. The minimum Gasteiger partial charge on any atom is -0.396 e. The van der Waals surface area contributed by atoms with Crippen LogP contribution in [-0.4, -0.2) is 76.1 Å². The van der Waals surface area contributed by atoms with Gasteiger partial charge in [-0.05, 0) is 50.3 Å². The van der Waals surface area contributed by atoms with Gasteiger partial charge in [-0.3, -0.25) is 14.4 Å². The Labute approximate surface area is 248 Å². The van der Waals surface area contributed by atoms with E-state index in [0.29, 0.717) is 45.3 Å². The monoisotopic (exact) mass is 571 g/mol. The number of carbonyl (C=O) groups is 3. The van der Waals surface area contributed by atoms with E-state index in [-0.39, 0.29) is 30.9 Å². The zero-order valence-corrected chi connectivity index (χ0v) is 24.4. The molecule has 3 amide bonds. The van der Waals surface area contributed by atoms with Crippen molar-refractivity contribution in [1.29, 1.82) is 0 Å². The molecule has 2 unspecified atom stereocenters. The van der Waals surface area contributed by atoms with Gasteiger partial charge in [0.1, 0.15) is 11.6 Å². The van der Waals surface area contributed by atoms with Gasteiger partial charge in [-0.1, -0.05) is 60.7 Å². The van der Waals surface area contributed by atoms with Crippen LogP contribution in [-0.2, 0) is 25.7 Å². The average Bonchev–Trinajstić information content (AvgIpc) is 3.57. The number of ether oxygens (including phenoxy) is 1. The summed E-state index contributed by atoms with van der Waals surface area (Å²) in [5.74, 6) is -2.16. The standard InChI is InChI=1S/C34H41N3O5/c1-4-20-35(24-25-14-8-6-9-15-25)32(41)29-34-19-18-33(3,42-34)27(28(34)31(40)37(29)22-12-13-23-38)30(39)36(21-5-2)26-16-10-7-11-17-26/h4-11,14-17,27-29,38H,1-2,12-13,18-24H2,3H3/t27-,28+,29?,33+,34?/m1/s1. The highest BCUT2D eigenvalue weighted by molar-refractivity contribution is 6.03. The number of benzene rings is 2. The molecule has 3 aliphatic heterocycles. The van der Waals surface area contributed by atoms with E-state index < -0.39 is 29.1 Å². The molecular formula is C34H41N3O5. The summed E-state index contributed by atoms with van der Waals surface area (Å²) in [7, 11) is 0. The largest absolute Gasteiger partial charge is 0.396 e.